The maximum atomic E-state index is 11.6. The summed E-state index contributed by atoms with van der Waals surface area (Å²) in [5, 5.41) is 11.9. The Balaban J connectivity index is 2.24. The van der Waals surface area contributed by atoms with Crippen molar-refractivity contribution in [2.45, 2.75) is 52.0 Å². The number of amides is 1. The van der Waals surface area contributed by atoms with Gasteiger partial charge in [0.15, 0.2) is 0 Å². The Bertz CT molecular complexity index is 538. The number of benzene rings is 1. The van der Waals surface area contributed by atoms with Gasteiger partial charge in [-0.05, 0) is 37.8 Å². The SMILES string of the molecule is CCCCNC(=O)CCCCC[N+](C)(C)Cc1ccc(C(=O)O)cc1. The van der Waals surface area contributed by atoms with Crippen LogP contribution in [0.25, 0.3) is 0 Å². The molecule has 0 aliphatic carbocycles. The van der Waals surface area contributed by atoms with Gasteiger partial charge in [-0.15, -0.1) is 0 Å². The van der Waals surface area contributed by atoms with E-state index in [1.54, 1.807) is 12.1 Å². The van der Waals surface area contributed by atoms with Gasteiger partial charge in [-0.3, -0.25) is 4.79 Å². The molecule has 2 N–H and O–H groups in total. The molecule has 1 rings (SSSR count). The van der Waals surface area contributed by atoms with Gasteiger partial charge < -0.3 is 14.9 Å². The molecule has 1 amide bonds. The van der Waals surface area contributed by atoms with Gasteiger partial charge in [0.1, 0.15) is 6.54 Å². The Labute approximate surface area is 151 Å². The molecule has 0 aromatic heterocycles. The lowest BCUT2D eigenvalue weighted by Crippen LogP contribution is -2.39. The highest BCUT2D eigenvalue weighted by atomic mass is 16.4. The molecule has 0 saturated carbocycles. The van der Waals surface area contributed by atoms with Crippen molar-refractivity contribution in [3.05, 3.63) is 35.4 Å². The standard InChI is InChI=1S/C20H32N2O3/c1-4-5-14-21-19(23)9-7-6-8-15-22(2,3)16-17-10-12-18(13-11-17)20(24)25/h10-13H,4-9,14-16H2,1-3H3,(H-,21,23,24,25)/p+1. The predicted molar refractivity (Wildman–Crippen MR) is 100 cm³/mol. The van der Waals surface area contributed by atoms with E-state index in [0.29, 0.717) is 12.0 Å². The summed E-state index contributed by atoms with van der Waals surface area (Å²) in [6.07, 6.45) is 5.85. The van der Waals surface area contributed by atoms with E-state index in [2.05, 4.69) is 26.3 Å². The van der Waals surface area contributed by atoms with Crippen molar-refractivity contribution in [1.29, 1.82) is 0 Å². The van der Waals surface area contributed by atoms with Gasteiger partial charge in [0.05, 0.1) is 26.2 Å². The first kappa shape index (κ1) is 21.2. The maximum Gasteiger partial charge on any atom is 0.335 e. The summed E-state index contributed by atoms with van der Waals surface area (Å²) in [6.45, 7) is 4.82. The number of quaternary nitrogens is 1. The van der Waals surface area contributed by atoms with E-state index in [1.165, 1.54) is 0 Å². The Kier molecular flexibility index (Phi) is 9.21. The van der Waals surface area contributed by atoms with E-state index in [1.807, 2.05) is 12.1 Å². The van der Waals surface area contributed by atoms with Crippen LogP contribution in [-0.2, 0) is 11.3 Å². The fraction of sp³-hybridized carbons (Fsp3) is 0.600. The molecule has 0 aliphatic rings. The average Bonchev–Trinajstić information content (AvgIpc) is 2.54. The van der Waals surface area contributed by atoms with Gasteiger partial charge in [0.25, 0.3) is 0 Å². The Morgan fingerprint density at radius 1 is 1.04 bits per heavy atom. The quantitative estimate of drug-likeness (QED) is 0.449. The van der Waals surface area contributed by atoms with Crippen molar-refractivity contribution in [2.24, 2.45) is 0 Å². The minimum absolute atomic E-state index is 0.167. The lowest BCUT2D eigenvalue weighted by molar-refractivity contribution is -0.903. The summed E-state index contributed by atoms with van der Waals surface area (Å²) < 4.78 is 0.856. The number of nitrogens with one attached hydrogen (secondary N) is 1. The Hall–Kier alpha value is -1.88. The van der Waals surface area contributed by atoms with Crippen LogP contribution in [0.1, 0.15) is 61.4 Å². The third-order valence-electron chi connectivity index (χ3n) is 4.33. The van der Waals surface area contributed by atoms with E-state index in [9.17, 15) is 9.59 Å². The average molecular weight is 349 g/mol. The minimum Gasteiger partial charge on any atom is -0.478 e. The Morgan fingerprint density at radius 3 is 2.32 bits per heavy atom. The van der Waals surface area contributed by atoms with Crippen molar-refractivity contribution in [1.82, 2.24) is 5.32 Å². The van der Waals surface area contributed by atoms with E-state index in [4.69, 9.17) is 5.11 Å². The van der Waals surface area contributed by atoms with Crippen LogP contribution < -0.4 is 5.32 Å². The summed E-state index contributed by atoms with van der Waals surface area (Å²) in [7, 11) is 4.37. The van der Waals surface area contributed by atoms with Gasteiger partial charge in [-0.2, -0.15) is 0 Å². The Morgan fingerprint density at radius 2 is 1.72 bits per heavy atom. The molecule has 0 bridgehead atoms. The molecule has 0 radical (unpaired) electrons. The summed E-state index contributed by atoms with van der Waals surface area (Å²) in [4.78, 5) is 22.5. The lowest BCUT2D eigenvalue weighted by atomic mass is 10.1. The van der Waals surface area contributed by atoms with Crippen molar-refractivity contribution in [3.63, 3.8) is 0 Å². The fourth-order valence-corrected chi connectivity index (χ4v) is 2.82. The van der Waals surface area contributed by atoms with Crippen molar-refractivity contribution >= 4 is 11.9 Å². The molecular weight excluding hydrogens is 316 g/mol. The monoisotopic (exact) mass is 349 g/mol. The summed E-state index contributed by atoms with van der Waals surface area (Å²) in [5.41, 5.74) is 1.47. The van der Waals surface area contributed by atoms with Crippen LogP contribution in [0.4, 0.5) is 0 Å². The highest BCUT2D eigenvalue weighted by Crippen LogP contribution is 2.13. The second-order valence-corrected chi connectivity index (χ2v) is 7.33. The van der Waals surface area contributed by atoms with Crippen LogP contribution in [0.15, 0.2) is 24.3 Å². The van der Waals surface area contributed by atoms with E-state index >= 15 is 0 Å². The molecule has 25 heavy (non-hydrogen) atoms. The third-order valence-corrected chi connectivity index (χ3v) is 4.33. The van der Waals surface area contributed by atoms with Gasteiger partial charge in [0, 0.05) is 18.5 Å². The number of hydrogen-bond acceptors (Lipinski definition) is 2. The van der Waals surface area contributed by atoms with Crippen molar-refractivity contribution in [3.8, 4) is 0 Å². The van der Waals surface area contributed by atoms with Crippen molar-refractivity contribution < 1.29 is 19.2 Å². The largest absolute Gasteiger partial charge is 0.478 e. The fourth-order valence-electron chi connectivity index (χ4n) is 2.82. The van der Waals surface area contributed by atoms with Crippen molar-refractivity contribution in [2.75, 3.05) is 27.2 Å². The molecule has 0 heterocycles. The van der Waals surface area contributed by atoms with Gasteiger partial charge in [0.2, 0.25) is 5.91 Å². The van der Waals surface area contributed by atoms with Gasteiger partial charge in [-0.25, -0.2) is 4.79 Å². The smallest absolute Gasteiger partial charge is 0.335 e. The molecule has 0 unspecified atom stereocenters. The minimum atomic E-state index is -0.890. The van der Waals surface area contributed by atoms with E-state index < -0.39 is 5.97 Å². The van der Waals surface area contributed by atoms with Gasteiger partial charge in [-0.1, -0.05) is 25.5 Å². The zero-order valence-electron chi connectivity index (χ0n) is 15.9. The number of carboxylic acids is 1. The van der Waals surface area contributed by atoms with Crippen LogP contribution in [0.2, 0.25) is 0 Å². The molecule has 5 heteroatoms. The zero-order chi connectivity index (χ0) is 18.7. The topological polar surface area (TPSA) is 66.4 Å². The normalized spacial score (nSPS) is 11.3. The number of carboxylic acid groups (broad SMARTS) is 1. The highest BCUT2D eigenvalue weighted by molar-refractivity contribution is 5.87. The zero-order valence-corrected chi connectivity index (χ0v) is 15.9. The molecular formula is C20H33N2O3+. The second kappa shape index (κ2) is 10.9. The first-order valence-electron chi connectivity index (χ1n) is 9.25. The maximum absolute atomic E-state index is 11.6. The molecule has 0 atom stereocenters. The number of unbranched alkanes of at least 4 members (excludes halogenated alkanes) is 3. The van der Waals surface area contributed by atoms with Crippen LogP contribution in [-0.4, -0.2) is 48.7 Å². The number of aromatic carboxylic acids is 1. The van der Waals surface area contributed by atoms with Crippen LogP contribution in [0.3, 0.4) is 0 Å². The number of rotatable bonds is 12. The molecule has 0 fully saturated rings. The molecule has 0 saturated heterocycles. The van der Waals surface area contributed by atoms with E-state index in [0.717, 1.165) is 61.8 Å². The molecule has 1 aromatic carbocycles. The predicted octanol–water partition coefficient (Wildman–Crippen LogP) is 3.44. The molecule has 0 spiro atoms. The first-order chi connectivity index (χ1) is 11.8. The summed E-state index contributed by atoms with van der Waals surface area (Å²) in [6, 6.07) is 7.11. The second-order valence-electron chi connectivity index (χ2n) is 7.33. The van der Waals surface area contributed by atoms with Crippen LogP contribution >= 0.6 is 0 Å². The summed E-state index contributed by atoms with van der Waals surface area (Å²) in [5.74, 6) is -0.722. The van der Waals surface area contributed by atoms with Gasteiger partial charge >= 0.3 is 5.97 Å². The molecule has 1 aromatic rings. The highest BCUT2D eigenvalue weighted by Gasteiger charge is 2.16. The molecule has 0 aliphatic heterocycles. The number of carbonyl (C=O) groups excluding carboxylic acids is 1. The number of carbonyl (C=O) groups is 2. The lowest BCUT2D eigenvalue weighted by Gasteiger charge is -2.30. The molecule has 140 valence electrons. The number of hydrogen-bond donors (Lipinski definition) is 2. The van der Waals surface area contributed by atoms with Crippen LogP contribution in [0.5, 0.6) is 0 Å². The third kappa shape index (κ3) is 9.25. The first-order valence-corrected chi connectivity index (χ1v) is 9.25. The van der Waals surface area contributed by atoms with Crippen LogP contribution in [0, 0.1) is 0 Å². The van der Waals surface area contributed by atoms with E-state index in [-0.39, 0.29) is 5.91 Å². The molecule has 5 nitrogen and oxygen atoms in total. The number of nitrogens with zero attached hydrogens (tertiary/aromatic N) is 1. The summed E-state index contributed by atoms with van der Waals surface area (Å²) >= 11 is 0.